The summed E-state index contributed by atoms with van der Waals surface area (Å²) in [7, 11) is 0. The van der Waals surface area contributed by atoms with Gasteiger partial charge in [0.2, 0.25) is 0 Å². The monoisotopic (exact) mass is 820 g/mol. The Bertz CT molecular complexity index is 2300. The molecular formula is C46H60N8O6. The summed E-state index contributed by atoms with van der Waals surface area (Å²) in [5, 5.41) is 18.7. The van der Waals surface area contributed by atoms with Gasteiger partial charge in [0.05, 0.1) is 45.9 Å². The zero-order valence-corrected chi connectivity index (χ0v) is 36.0. The number of fused-ring (bicyclic) bond motifs is 2. The van der Waals surface area contributed by atoms with Crippen molar-refractivity contribution in [2.45, 2.75) is 105 Å². The molecule has 4 aromatic heterocycles. The predicted octanol–water partition coefficient (Wildman–Crippen LogP) is 8.13. The Labute approximate surface area is 352 Å². The molecule has 0 radical (unpaired) electrons. The highest BCUT2D eigenvalue weighted by molar-refractivity contribution is 6.01. The number of nitrogens with zero attached hydrogens (tertiary/aromatic N) is 8. The SMILES string of the molecule is CC(C)(C)C1CC(c2cccc3c(C(=O)N4CCCCC4)cnn23)=CCN1C(=O)O.CC(C)(C)OC(=O)N1CC=C(c2cccc3c(C(=O)N4CCCCC4)cnn23)CC1. The van der Waals surface area contributed by atoms with Gasteiger partial charge in [0.1, 0.15) is 5.60 Å². The van der Waals surface area contributed by atoms with E-state index in [1.165, 1.54) is 17.7 Å². The first-order valence-corrected chi connectivity index (χ1v) is 21.5. The molecular weight excluding hydrogens is 761 g/mol. The molecule has 0 aromatic carbocycles. The van der Waals surface area contributed by atoms with Crippen LogP contribution >= 0.6 is 0 Å². The Morgan fingerprint density at radius 2 is 1.15 bits per heavy atom. The molecule has 320 valence electrons. The summed E-state index contributed by atoms with van der Waals surface area (Å²) >= 11 is 0. The van der Waals surface area contributed by atoms with E-state index in [1.807, 2.05) is 82.1 Å². The first-order chi connectivity index (χ1) is 28.6. The van der Waals surface area contributed by atoms with E-state index >= 15 is 0 Å². The van der Waals surface area contributed by atoms with Crippen LogP contribution in [0, 0.1) is 5.41 Å². The highest BCUT2D eigenvalue weighted by Gasteiger charge is 2.37. The number of carbonyl (C=O) groups is 4. The molecule has 60 heavy (non-hydrogen) atoms. The number of piperidine rings is 2. The number of carboxylic acid groups (broad SMARTS) is 1. The minimum atomic E-state index is -0.892. The number of hydrogen-bond acceptors (Lipinski definition) is 7. The Balaban J connectivity index is 0.000000181. The van der Waals surface area contributed by atoms with E-state index < -0.39 is 11.7 Å². The molecule has 1 atom stereocenters. The van der Waals surface area contributed by atoms with E-state index in [4.69, 9.17) is 4.74 Å². The predicted molar refractivity (Wildman–Crippen MR) is 231 cm³/mol. The Morgan fingerprint density at radius 1 is 0.650 bits per heavy atom. The molecule has 0 spiro atoms. The van der Waals surface area contributed by atoms with Crippen LogP contribution in [0.1, 0.15) is 125 Å². The number of pyridine rings is 2. The zero-order chi connectivity index (χ0) is 42.8. The third-order valence-corrected chi connectivity index (χ3v) is 11.9. The van der Waals surface area contributed by atoms with Gasteiger partial charge < -0.3 is 29.4 Å². The summed E-state index contributed by atoms with van der Waals surface area (Å²) in [6.07, 6.45) is 14.1. The van der Waals surface area contributed by atoms with Crippen LogP contribution in [0.2, 0.25) is 0 Å². The normalized spacial score (nSPS) is 19.1. The van der Waals surface area contributed by atoms with Crippen LogP contribution in [0.5, 0.6) is 0 Å². The van der Waals surface area contributed by atoms with Gasteiger partial charge in [0, 0.05) is 51.9 Å². The number of carbonyl (C=O) groups excluding carboxylic acids is 3. The molecule has 1 unspecified atom stereocenters. The van der Waals surface area contributed by atoms with Crippen molar-refractivity contribution in [3.63, 3.8) is 0 Å². The van der Waals surface area contributed by atoms with E-state index in [-0.39, 0.29) is 29.4 Å². The maximum Gasteiger partial charge on any atom is 0.410 e. The van der Waals surface area contributed by atoms with Gasteiger partial charge in [-0.15, -0.1) is 0 Å². The number of hydrogen-bond donors (Lipinski definition) is 1. The minimum absolute atomic E-state index is 0.0455. The fraction of sp³-hybridized carbons (Fsp3) is 0.522. The fourth-order valence-corrected chi connectivity index (χ4v) is 8.70. The number of amides is 4. The molecule has 1 N–H and O–H groups in total. The average Bonchev–Trinajstić information content (AvgIpc) is 3.88. The molecule has 0 aliphatic carbocycles. The molecule has 0 saturated carbocycles. The Morgan fingerprint density at radius 3 is 1.60 bits per heavy atom. The molecule has 4 aromatic rings. The lowest BCUT2D eigenvalue weighted by Crippen LogP contribution is -2.48. The number of likely N-dealkylation sites (tertiary alicyclic amines) is 2. The number of aromatic nitrogens is 4. The van der Waals surface area contributed by atoms with Gasteiger partial charge in [-0.1, -0.05) is 45.1 Å². The Hall–Kier alpha value is -5.66. The Kier molecular flexibility index (Phi) is 12.4. The average molecular weight is 821 g/mol. The fourth-order valence-electron chi connectivity index (χ4n) is 8.70. The summed E-state index contributed by atoms with van der Waals surface area (Å²) in [6, 6.07) is 11.7. The van der Waals surface area contributed by atoms with Crippen LogP contribution in [-0.4, -0.2) is 125 Å². The van der Waals surface area contributed by atoms with Crippen molar-refractivity contribution in [2.75, 3.05) is 45.8 Å². The van der Waals surface area contributed by atoms with E-state index in [9.17, 15) is 24.3 Å². The van der Waals surface area contributed by atoms with Crippen molar-refractivity contribution < 1.29 is 29.0 Å². The first kappa shape index (κ1) is 42.5. The van der Waals surface area contributed by atoms with Crippen molar-refractivity contribution in [3.05, 3.63) is 83.5 Å². The second-order valence-corrected chi connectivity index (χ2v) is 18.4. The topological polar surface area (TPSA) is 145 Å². The smallest absolute Gasteiger partial charge is 0.410 e. The van der Waals surface area contributed by atoms with Gasteiger partial charge in [-0.05, 0) is 113 Å². The highest BCUT2D eigenvalue weighted by atomic mass is 16.6. The lowest BCUT2D eigenvalue weighted by molar-refractivity contribution is 0.0270. The molecule has 4 aliphatic rings. The summed E-state index contributed by atoms with van der Waals surface area (Å²) in [5.41, 5.74) is 6.32. The van der Waals surface area contributed by atoms with Crippen molar-refractivity contribution in [1.29, 1.82) is 0 Å². The molecule has 4 amide bonds. The highest BCUT2D eigenvalue weighted by Crippen LogP contribution is 2.36. The molecule has 2 fully saturated rings. The molecule has 4 aliphatic heterocycles. The molecule has 8 heterocycles. The van der Waals surface area contributed by atoms with E-state index in [0.29, 0.717) is 43.6 Å². The van der Waals surface area contributed by atoms with Crippen molar-refractivity contribution >= 4 is 46.2 Å². The zero-order valence-electron chi connectivity index (χ0n) is 36.0. The van der Waals surface area contributed by atoms with Crippen LogP contribution in [-0.2, 0) is 4.74 Å². The first-order valence-electron chi connectivity index (χ1n) is 21.5. The third kappa shape index (κ3) is 9.22. The van der Waals surface area contributed by atoms with Gasteiger partial charge in [-0.2, -0.15) is 10.2 Å². The van der Waals surface area contributed by atoms with Gasteiger partial charge in [-0.25, -0.2) is 18.6 Å². The van der Waals surface area contributed by atoms with Crippen molar-refractivity contribution in [2.24, 2.45) is 5.41 Å². The summed E-state index contributed by atoms with van der Waals surface area (Å²) in [6.45, 7) is 16.5. The lowest BCUT2D eigenvalue weighted by atomic mass is 9.79. The quantitative estimate of drug-likeness (QED) is 0.217. The molecule has 2 saturated heterocycles. The van der Waals surface area contributed by atoms with Crippen LogP contribution in [0.4, 0.5) is 9.59 Å². The van der Waals surface area contributed by atoms with Gasteiger partial charge in [0.25, 0.3) is 11.8 Å². The molecule has 0 bridgehead atoms. The summed E-state index contributed by atoms with van der Waals surface area (Å²) in [5.74, 6) is 0.111. The van der Waals surface area contributed by atoms with E-state index in [2.05, 4.69) is 37.0 Å². The minimum Gasteiger partial charge on any atom is -0.465 e. The number of ether oxygens (including phenoxy) is 1. The van der Waals surface area contributed by atoms with E-state index in [1.54, 1.807) is 17.3 Å². The lowest BCUT2D eigenvalue weighted by Gasteiger charge is -2.41. The van der Waals surface area contributed by atoms with Crippen LogP contribution in [0.15, 0.2) is 60.9 Å². The van der Waals surface area contributed by atoms with Gasteiger partial charge in [-0.3, -0.25) is 9.59 Å². The van der Waals surface area contributed by atoms with Crippen LogP contribution < -0.4 is 0 Å². The van der Waals surface area contributed by atoms with Crippen molar-refractivity contribution in [3.8, 4) is 0 Å². The third-order valence-electron chi connectivity index (χ3n) is 11.9. The largest absolute Gasteiger partial charge is 0.465 e. The second kappa shape index (κ2) is 17.5. The van der Waals surface area contributed by atoms with Gasteiger partial charge >= 0.3 is 12.2 Å². The second-order valence-electron chi connectivity index (χ2n) is 18.4. The van der Waals surface area contributed by atoms with Crippen LogP contribution in [0.3, 0.4) is 0 Å². The maximum atomic E-state index is 13.0. The van der Waals surface area contributed by atoms with Gasteiger partial charge in [0.15, 0.2) is 0 Å². The number of rotatable bonds is 4. The maximum absolute atomic E-state index is 13.0. The molecule has 14 nitrogen and oxygen atoms in total. The standard InChI is InChI=1S/2C23H30N4O3/c1-23(2,3)30-22(29)26-14-10-17(11-15-26)19-8-7-9-20-18(16-24-27(19)20)21(28)25-12-5-4-6-13-25;1-23(2,3)20-14-16(10-13-26(20)22(29)30)18-8-7-9-19-17(15-24-27(18)19)21(28)25-11-5-4-6-12-25/h7-10,16H,4-6,11-15H2,1-3H3;7-10,15,20H,4-6,11-14H2,1-3H3,(H,29,30). The molecule has 14 heteroatoms. The van der Waals surface area contributed by atoms with Crippen LogP contribution in [0.25, 0.3) is 22.2 Å². The molecule has 8 rings (SSSR count). The van der Waals surface area contributed by atoms with E-state index in [0.717, 1.165) is 85.4 Å². The summed E-state index contributed by atoms with van der Waals surface area (Å²) < 4.78 is 9.16. The van der Waals surface area contributed by atoms with Crippen molar-refractivity contribution in [1.82, 2.24) is 38.8 Å². The summed E-state index contributed by atoms with van der Waals surface area (Å²) in [4.78, 5) is 57.2.